The highest BCUT2D eigenvalue weighted by molar-refractivity contribution is 5.49. The summed E-state index contributed by atoms with van der Waals surface area (Å²) >= 11 is 0. The molecule has 1 saturated heterocycles. The highest BCUT2D eigenvalue weighted by atomic mass is 16.7. The molecule has 1 aromatic heterocycles. The van der Waals surface area contributed by atoms with Gasteiger partial charge < -0.3 is 24.4 Å². The molecule has 2 aliphatic rings. The molecule has 3 heterocycles. The smallest absolute Gasteiger partial charge is 0.231 e. The molecule has 8 nitrogen and oxygen atoms in total. The largest absolute Gasteiger partial charge is 0.497 e. The van der Waals surface area contributed by atoms with Crippen LogP contribution < -0.4 is 24.4 Å². The fourth-order valence-electron chi connectivity index (χ4n) is 4.18. The lowest BCUT2D eigenvalue weighted by Gasteiger charge is -2.35. The van der Waals surface area contributed by atoms with E-state index in [4.69, 9.17) is 14.2 Å². The van der Waals surface area contributed by atoms with Crippen LogP contribution in [-0.4, -0.2) is 61.5 Å². The van der Waals surface area contributed by atoms with Gasteiger partial charge in [-0.1, -0.05) is 18.2 Å². The number of rotatable bonds is 8. The fourth-order valence-corrected chi connectivity index (χ4v) is 4.18. The Morgan fingerprint density at radius 3 is 2.52 bits per heavy atom. The van der Waals surface area contributed by atoms with Crippen molar-refractivity contribution in [2.45, 2.75) is 13.0 Å². The van der Waals surface area contributed by atoms with Crippen molar-refractivity contribution in [1.82, 2.24) is 14.9 Å². The van der Waals surface area contributed by atoms with E-state index in [9.17, 15) is 0 Å². The molecule has 1 fully saturated rings. The van der Waals surface area contributed by atoms with Crippen LogP contribution >= 0.6 is 0 Å². The van der Waals surface area contributed by atoms with Gasteiger partial charge in [0.1, 0.15) is 23.7 Å². The van der Waals surface area contributed by atoms with E-state index in [0.29, 0.717) is 6.79 Å². The first-order valence-electron chi connectivity index (χ1n) is 11.3. The molecule has 1 N–H and O–H groups in total. The van der Waals surface area contributed by atoms with E-state index in [1.165, 1.54) is 11.1 Å². The molecule has 5 rings (SSSR count). The molecule has 8 heteroatoms. The molecule has 0 bridgehead atoms. The van der Waals surface area contributed by atoms with Crippen molar-refractivity contribution in [3.8, 4) is 17.2 Å². The molecule has 0 aliphatic carbocycles. The number of hydrogen-bond acceptors (Lipinski definition) is 8. The quantitative estimate of drug-likeness (QED) is 0.565. The first kappa shape index (κ1) is 21.3. The van der Waals surface area contributed by atoms with Gasteiger partial charge in [-0.15, -0.1) is 0 Å². The van der Waals surface area contributed by atoms with Crippen LogP contribution in [0.15, 0.2) is 54.9 Å². The third kappa shape index (κ3) is 5.28. The summed E-state index contributed by atoms with van der Waals surface area (Å²) in [4.78, 5) is 13.7. The van der Waals surface area contributed by atoms with E-state index < -0.39 is 0 Å². The second-order valence-electron chi connectivity index (χ2n) is 8.24. The van der Waals surface area contributed by atoms with Crippen molar-refractivity contribution in [1.29, 1.82) is 0 Å². The molecule has 0 saturated carbocycles. The number of benzene rings is 2. The number of methoxy groups -OCH3 is 1. The number of piperazine rings is 1. The van der Waals surface area contributed by atoms with Crippen LogP contribution in [-0.2, 0) is 13.0 Å². The minimum atomic E-state index is 0.314. The molecule has 33 heavy (non-hydrogen) atoms. The summed E-state index contributed by atoms with van der Waals surface area (Å²) in [5, 5.41) is 3.42. The summed E-state index contributed by atoms with van der Waals surface area (Å²) in [5.74, 6) is 4.39. The van der Waals surface area contributed by atoms with Crippen LogP contribution in [0.2, 0.25) is 0 Å². The van der Waals surface area contributed by atoms with E-state index in [2.05, 4.69) is 49.4 Å². The zero-order valence-corrected chi connectivity index (χ0v) is 18.9. The summed E-state index contributed by atoms with van der Waals surface area (Å²) in [6.07, 6.45) is 2.56. The lowest BCUT2D eigenvalue weighted by atomic mass is 10.1. The number of aromatic nitrogens is 2. The van der Waals surface area contributed by atoms with E-state index in [1.54, 1.807) is 13.4 Å². The number of nitrogens with zero attached hydrogens (tertiary/aromatic N) is 4. The highest BCUT2D eigenvalue weighted by Gasteiger charge is 2.20. The maximum absolute atomic E-state index is 5.50. The summed E-state index contributed by atoms with van der Waals surface area (Å²) in [6.45, 7) is 5.88. The monoisotopic (exact) mass is 447 g/mol. The number of nitrogens with one attached hydrogen (secondary N) is 1. The SMILES string of the molecule is COc1ccc(CCNc2cc(N3CCN(Cc4ccc5c(c4)OCO5)CC3)ncn2)cc1. The van der Waals surface area contributed by atoms with E-state index in [0.717, 1.165) is 74.6 Å². The first-order valence-corrected chi connectivity index (χ1v) is 11.3. The Kier molecular flexibility index (Phi) is 6.44. The third-order valence-corrected chi connectivity index (χ3v) is 6.07. The van der Waals surface area contributed by atoms with Crippen LogP contribution in [0.4, 0.5) is 11.6 Å². The molecule has 2 aliphatic heterocycles. The van der Waals surface area contributed by atoms with Gasteiger partial charge in [0.15, 0.2) is 11.5 Å². The average molecular weight is 448 g/mol. The number of anilines is 2. The molecule has 0 radical (unpaired) electrons. The number of fused-ring (bicyclic) bond motifs is 1. The van der Waals surface area contributed by atoms with Crippen LogP contribution in [0.3, 0.4) is 0 Å². The van der Waals surface area contributed by atoms with Gasteiger partial charge in [-0.2, -0.15) is 0 Å². The zero-order chi connectivity index (χ0) is 22.5. The number of ether oxygens (including phenoxy) is 3. The van der Waals surface area contributed by atoms with Gasteiger partial charge in [0, 0.05) is 45.3 Å². The maximum Gasteiger partial charge on any atom is 0.231 e. The molecular formula is C25H29N5O3. The Morgan fingerprint density at radius 2 is 1.70 bits per heavy atom. The summed E-state index contributed by atoms with van der Waals surface area (Å²) in [7, 11) is 1.68. The first-order chi connectivity index (χ1) is 16.3. The van der Waals surface area contributed by atoms with Gasteiger partial charge in [0.05, 0.1) is 7.11 Å². The van der Waals surface area contributed by atoms with Gasteiger partial charge in [-0.25, -0.2) is 9.97 Å². The van der Waals surface area contributed by atoms with Crippen LogP contribution in [0.25, 0.3) is 0 Å². The zero-order valence-electron chi connectivity index (χ0n) is 18.9. The van der Waals surface area contributed by atoms with Gasteiger partial charge in [-0.3, -0.25) is 4.90 Å². The Morgan fingerprint density at radius 1 is 0.909 bits per heavy atom. The van der Waals surface area contributed by atoms with Gasteiger partial charge in [0.2, 0.25) is 6.79 Å². The number of hydrogen-bond donors (Lipinski definition) is 1. The molecule has 0 spiro atoms. The molecule has 0 atom stereocenters. The van der Waals surface area contributed by atoms with Crippen LogP contribution in [0, 0.1) is 0 Å². The Bertz CT molecular complexity index is 1070. The lowest BCUT2D eigenvalue weighted by Crippen LogP contribution is -2.46. The fraction of sp³-hybridized carbons (Fsp3) is 0.360. The van der Waals surface area contributed by atoms with E-state index >= 15 is 0 Å². The predicted octanol–water partition coefficient (Wildman–Crippen LogP) is 3.19. The van der Waals surface area contributed by atoms with Gasteiger partial charge in [-0.05, 0) is 41.8 Å². The van der Waals surface area contributed by atoms with Crippen molar-refractivity contribution < 1.29 is 14.2 Å². The second kappa shape index (κ2) is 9.95. The van der Waals surface area contributed by atoms with Crippen LogP contribution in [0.1, 0.15) is 11.1 Å². The Labute approximate surface area is 194 Å². The normalized spacial score (nSPS) is 15.5. The molecule has 0 unspecified atom stereocenters. The standard InChI is InChI=1S/C25H29N5O3/c1-31-21-5-2-19(3-6-21)8-9-26-24-15-25(28-17-27-24)30-12-10-29(11-13-30)16-20-4-7-22-23(14-20)33-18-32-22/h2-7,14-15,17H,8-13,16,18H2,1H3,(H,26,27,28). The summed E-state index contributed by atoms with van der Waals surface area (Å²) in [5.41, 5.74) is 2.51. The van der Waals surface area contributed by atoms with Crippen molar-refractivity contribution in [3.05, 3.63) is 66.0 Å². The lowest BCUT2D eigenvalue weighted by molar-refractivity contribution is 0.174. The molecular weight excluding hydrogens is 418 g/mol. The summed E-state index contributed by atoms with van der Waals surface area (Å²) in [6, 6.07) is 16.4. The molecule has 2 aromatic carbocycles. The van der Waals surface area contributed by atoms with E-state index in [1.807, 2.05) is 24.3 Å². The predicted molar refractivity (Wildman–Crippen MR) is 127 cm³/mol. The Hall–Kier alpha value is -3.52. The minimum absolute atomic E-state index is 0.314. The molecule has 172 valence electrons. The third-order valence-electron chi connectivity index (χ3n) is 6.07. The molecule has 0 amide bonds. The van der Waals surface area contributed by atoms with E-state index in [-0.39, 0.29) is 0 Å². The maximum atomic E-state index is 5.50. The second-order valence-corrected chi connectivity index (χ2v) is 8.24. The van der Waals surface area contributed by atoms with Crippen molar-refractivity contribution in [2.75, 3.05) is 56.8 Å². The minimum Gasteiger partial charge on any atom is -0.497 e. The highest BCUT2D eigenvalue weighted by Crippen LogP contribution is 2.33. The summed E-state index contributed by atoms with van der Waals surface area (Å²) < 4.78 is 16.1. The molecule has 3 aromatic rings. The van der Waals surface area contributed by atoms with Gasteiger partial charge >= 0.3 is 0 Å². The topological polar surface area (TPSA) is 72.0 Å². The van der Waals surface area contributed by atoms with Crippen molar-refractivity contribution >= 4 is 11.6 Å². The Balaban J connectivity index is 1.10. The van der Waals surface area contributed by atoms with Crippen molar-refractivity contribution in [2.24, 2.45) is 0 Å². The van der Waals surface area contributed by atoms with Crippen LogP contribution in [0.5, 0.6) is 17.2 Å². The average Bonchev–Trinajstić information content (AvgIpc) is 3.33. The van der Waals surface area contributed by atoms with Gasteiger partial charge in [0.25, 0.3) is 0 Å². The van der Waals surface area contributed by atoms with Crippen molar-refractivity contribution in [3.63, 3.8) is 0 Å².